The van der Waals surface area contributed by atoms with Crippen LogP contribution in [-0.4, -0.2) is 9.55 Å². The van der Waals surface area contributed by atoms with Crippen LogP contribution in [0.25, 0.3) is 11.3 Å². The lowest BCUT2D eigenvalue weighted by Gasteiger charge is -2.04. The summed E-state index contributed by atoms with van der Waals surface area (Å²) in [5.41, 5.74) is 8.20. The van der Waals surface area contributed by atoms with Gasteiger partial charge in [0.1, 0.15) is 0 Å². The fourth-order valence-electron chi connectivity index (χ4n) is 1.40. The molecule has 0 saturated heterocycles. The number of rotatable bonds is 1. The van der Waals surface area contributed by atoms with Crippen LogP contribution in [0.2, 0.25) is 5.02 Å². The Morgan fingerprint density at radius 2 is 2.20 bits per heavy atom. The Morgan fingerprint density at radius 1 is 1.47 bits per heavy atom. The first-order chi connectivity index (χ1) is 7.09. The number of aromatic amines is 1. The normalized spacial score (nSPS) is 10.5. The second-order valence-corrected chi connectivity index (χ2v) is 4.07. The minimum Gasteiger partial charge on any atom is -0.398 e. The summed E-state index contributed by atoms with van der Waals surface area (Å²) in [6, 6.07) is 5.53. The zero-order valence-electron chi connectivity index (χ0n) is 8.12. The van der Waals surface area contributed by atoms with Crippen LogP contribution in [0.3, 0.4) is 0 Å². The summed E-state index contributed by atoms with van der Waals surface area (Å²) in [4.78, 5) is 2.97. The van der Waals surface area contributed by atoms with Crippen LogP contribution in [0.4, 0.5) is 5.69 Å². The average Bonchev–Trinajstić information content (AvgIpc) is 2.53. The number of aromatic nitrogens is 2. The van der Waals surface area contributed by atoms with Crippen molar-refractivity contribution in [1.82, 2.24) is 9.55 Å². The Labute approximate surface area is 97.5 Å². The van der Waals surface area contributed by atoms with E-state index in [4.69, 9.17) is 29.6 Å². The van der Waals surface area contributed by atoms with Gasteiger partial charge in [0, 0.05) is 18.8 Å². The van der Waals surface area contributed by atoms with E-state index in [0.717, 1.165) is 11.3 Å². The molecule has 2 aromatic rings. The molecule has 1 aromatic heterocycles. The topological polar surface area (TPSA) is 46.7 Å². The summed E-state index contributed by atoms with van der Waals surface area (Å²) < 4.78 is 2.56. The molecule has 0 amide bonds. The zero-order valence-corrected chi connectivity index (χ0v) is 9.69. The Morgan fingerprint density at radius 3 is 2.73 bits per heavy atom. The average molecular weight is 240 g/mol. The number of H-pyrrole nitrogens is 1. The van der Waals surface area contributed by atoms with E-state index in [9.17, 15) is 0 Å². The van der Waals surface area contributed by atoms with Crippen LogP contribution in [0.1, 0.15) is 0 Å². The van der Waals surface area contributed by atoms with Crippen molar-refractivity contribution in [2.75, 3.05) is 5.73 Å². The fraction of sp³-hybridized carbons (Fsp3) is 0.100. The third-order valence-electron chi connectivity index (χ3n) is 2.29. The number of halogens is 1. The summed E-state index contributed by atoms with van der Waals surface area (Å²) in [5, 5.41) is 0.555. The molecule has 0 saturated carbocycles. The van der Waals surface area contributed by atoms with Gasteiger partial charge in [-0.3, -0.25) is 0 Å². The number of nitrogen functional groups attached to an aromatic ring is 1. The molecule has 0 bridgehead atoms. The van der Waals surface area contributed by atoms with Crippen molar-refractivity contribution < 1.29 is 0 Å². The van der Waals surface area contributed by atoms with E-state index in [0.29, 0.717) is 15.5 Å². The predicted octanol–water partition coefficient (Wildman–Crippen LogP) is 2.99. The number of nitrogens with two attached hydrogens (primary N) is 1. The monoisotopic (exact) mass is 239 g/mol. The highest BCUT2D eigenvalue weighted by molar-refractivity contribution is 7.71. The molecule has 0 fully saturated rings. The molecule has 0 unspecified atom stereocenters. The van der Waals surface area contributed by atoms with Gasteiger partial charge in [0.2, 0.25) is 0 Å². The van der Waals surface area contributed by atoms with Gasteiger partial charge in [-0.15, -0.1) is 0 Å². The van der Waals surface area contributed by atoms with Crippen LogP contribution >= 0.6 is 23.8 Å². The summed E-state index contributed by atoms with van der Waals surface area (Å²) in [6.07, 6.45) is 1.85. The molecule has 1 aromatic carbocycles. The molecule has 0 aliphatic heterocycles. The van der Waals surface area contributed by atoms with Crippen molar-refractivity contribution in [3.05, 3.63) is 34.2 Å². The quantitative estimate of drug-likeness (QED) is 0.594. The van der Waals surface area contributed by atoms with E-state index >= 15 is 0 Å². The molecule has 0 aliphatic carbocycles. The summed E-state index contributed by atoms with van der Waals surface area (Å²) >= 11 is 11.0. The predicted molar refractivity (Wildman–Crippen MR) is 65.5 cm³/mol. The Bertz CT molecular complexity index is 556. The molecule has 0 spiro atoms. The van der Waals surface area contributed by atoms with Gasteiger partial charge in [-0.2, -0.15) is 0 Å². The van der Waals surface area contributed by atoms with Crippen molar-refractivity contribution in [1.29, 1.82) is 0 Å². The molecule has 5 heteroatoms. The zero-order chi connectivity index (χ0) is 11.0. The molecule has 0 radical (unpaired) electrons. The molecule has 3 N–H and O–H groups in total. The maximum atomic E-state index is 5.95. The Balaban J connectivity index is 2.59. The highest BCUT2D eigenvalue weighted by atomic mass is 35.5. The van der Waals surface area contributed by atoms with Gasteiger partial charge in [0.05, 0.1) is 16.4 Å². The first-order valence-corrected chi connectivity index (χ1v) is 5.18. The highest BCUT2D eigenvalue weighted by Gasteiger charge is 2.05. The number of imidazole rings is 1. The third-order valence-corrected chi connectivity index (χ3v) is 3.01. The van der Waals surface area contributed by atoms with Crippen LogP contribution in [0, 0.1) is 4.77 Å². The molecular formula is C10H10ClN3S. The van der Waals surface area contributed by atoms with Crippen molar-refractivity contribution in [3.63, 3.8) is 0 Å². The van der Waals surface area contributed by atoms with Crippen molar-refractivity contribution >= 4 is 29.5 Å². The van der Waals surface area contributed by atoms with Gasteiger partial charge in [-0.05, 0) is 24.4 Å². The molecule has 1 heterocycles. The highest BCUT2D eigenvalue weighted by Crippen LogP contribution is 2.26. The van der Waals surface area contributed by atoms with Crippen molar-refractivity contribution in [2.24, 2.45) is 7.05 Å². The maximum absolute atomic E-state index is 5.95. The van der Waals surface area contributed by atoms with Gasteiger partial charge in [-0.1, -0.05) is 17.7 Å². The second-order valence-electron chi connectivity index (χ2n) is 3.27. The lowest BCUT2D eigenvalue weighted by atomic mass is 10.1. The van der Waals surface area contributed by atoms with E-state index < -0.39 is 0 Å². The summed E-state index contributed by atoms with van der Waals surface area (Å²) in [5.74, 6) is 0. The van der Waals surface area contributed by atoms with Gasteiger partial charge < -0.3 is 15.3 Å². The minimum atomic E-state index is 0.555. The maximum Gasteiger partial charge on any atom is 0.177 e. The Kier molecular flexibility index (Phi) is 2.54. The molecule has 0 aliphatic rings. The van der Waals surface area contributed by atoms with E-state index in [-0.39, 0.29) is 0 Å². The van der Waals surface area contributed by atoms with Gasteiger partial charge >= 0.3 is 0 Å². The van der Waals surface area contributed by atoms with E-state index in [2.05, 4.69) is 4.98 Å². The number of nitrogens with one attached hydrogen (secondary N) is 1. The van der Waals surface area contributed by atoms with Crippen LogP contribution < -0.4 is 5.73 Å². The molecule has 3 nitrogen and oxygen atoms in total. The SMILES string of the molecule is Cn1c(-c2ccc(N)c(Cl)c2)c[nH]c1=S. The number of benzene rings is 1. The molecule has 78 valence electrons. The van der Waals surface area contributed by atoms with Gasteiger partial charge in [0.25, 0.3) is 0 Å². The van der Waals surface area contributed by atoms with Crippen LogP contribution in [0.5, 0.6) is 0 Å². The number of hydrogen-bond acceptors (Lipinski definition) is 2. The smallest absolute Gasteiger partial charge is 0.177 e. The second kappa shape index (κ2) is 3.72. The number of nitrogens with zero attached hydrogens (tertiary/aromatic N) is 1. The van der Waals surface area contributed by atoms with E-state index in [1.807, 2.05) is 29.9 Å². The van der Waals surface area contributed by atoms with E-state index in [1.54, 1.807) is 6.07 Å². The molecule has 2 rings (SSSR count). The fourth-order valence-corrected chi connectivity index (χ4v) is 1.73. The lowest BCUT2D eigenvalue weighted by molar-refractivity contribution is 0.902. The first kappa shape index (κ1) is 10.3. The third kappa shape index (κ3) is 1.78. The largest absolute Gasteiger partial charge is 0.398 e. The van der Waals surface area contributed by atoms with Crippen molar-refractivity contribution in [2.45, 2.75) is 0 Å². The first-order valence-electron chi connectivity index (χ1n) is 4.39. The van der Waals surface area contributed by atoms with Crippen LogP contribution in [-0.2, 0) is 7.05 Å². The number of anilines is 1. The van der Waals surface area contributed by atoms with Gasteiger partial charge in [0.15, 0.2) is 4.77 Å². The lowest BCUT2D eigenvalue weighted by Crippen LogP contribution is -1.92. The van der Waals surface area contributed by atoms with Gasteiger partial charge in [-0.25, -0.2) is 0 Å². The molecule has 0 atom stereocenters. The summed E-state index contributed by atoms with van der Waals surface area (Å²) in [7, 11) is 1.90. The van der Waals surface area contributed by atoms with Crippen molar-refractivity contribution in [3.8, 4) is 11.3 Å². The molecule has 15 heavy (non-hydrogen) atoms. The molecular weight excluding hydrogens is 230 g/mol. The standard InChI is InChI=1S/C10H10ClN3S/c1-14-9(5-13-10(14)15)6-2-3-8(12)7(11)4-6/h2-5H,12H2,1H3,(H,13,15). The number of hydrogen-bond donors (Lipinski definition) is 2. The van der Waals surface area contributed by atoms with Crippen LogP contribution in [0.15, 0.2) is 24.4 Å². The van der Waals surface area contributed by atoms with E-state index in [1.165, 1.54) is 0 Å². The summed E-state index contributed by atoms with van der Waals surface area (Å²) in [6.45, 7) is 0. The minimum absolute atomic E-state index is 0.555. The Hall–Kier alpha value is -1.26.